The Hall–Kier alpha value is -1.60. The van der Waals surface area contributed by atoms with Crippen LogP contribution in [0.1, 0.15) is 13.8 Å². The predicted molar refractivity (Wildman–Crippen MR) is 88.3 cm³/mol. The minimum Gasteiger partial charge on any atom is -0.480 e. The van der Waals surface area contributed by atoms with E-state index in [1.807, 2.05) is 12.1 Å². The molecule has 1 aromatic carbocycles. The van der Waals surface area contributed by atoms with E-state index in [1.165, 1.54) is 0 Å². The van der Waals surface area contributed by atoms with Crippen molar-refractivity contribution in [3.63, 3.8) is 0 Å². The molecule has 1 rings (SSSR count). The smallest absolute Gasteiger partial charge is 0.348 e. The highest BCUT2D eigenvalue weighted by Gasteiger charge is 2.23. The number of hydrogen-bond acceptors (Lipinski definition) is 5. The second kappa shape index (κ2) is 8.63. The largest absolute Gasteiger partial charge is 0.480 e. The molecule has 114 valence electrons. The Bertz CT molecular complexity index is 542. The van der Waals surface area contributed by atoms with Gasteiger partial charge in [0.1, 0.15) is 4.99 Å². The van der Waals surface area contributed by atoms with Gasteiger partial charge in [0.2, 0.25) is 0 Å². The number of halogens is 1. The van der Waals surface area contributed by atoms with Gasteiger partial charge in [0, 0.05) is 10.2 Å². The molecular weight excluding hydrogens is 358 g/mol. The normalized spacial score (nSPS) is 11.4. The number of carbonyl (C=O) groups excluding carboxylic acids is 1. The summed E-state index contributed by atoms with van der Waals surface area (Å²) in [5.41, 5.74) is 0.478. The topological polar surface area (TPSA) is 67.8 Å². The molecule has 5 nitrogen and oxygen atoms in total. The Morgan fingerprint density at radius 3 is 2.33 bits per heavy atom. The van der Waals surface area contributed by atoms with Crippen LogP contribution in [0.2, 0.25) is 0 Å². The highest BCUT2D eigenvalue weighted by atomic mass is 79.9. The maximum Gasteiger partial charge on any atom is 0.348 e. The first-order chi connectivity index (χ1) is 9.99. The average Bonchev–Trinajstić information content (AvgIpc) is 2.42. The Morgan fingerprint density at radius 1 is 1.24 bits per heavy atom. The van der Waals surface area contributed by atoms with E-state index in [0.29, 0.717) is 5.69 Å². The van der Waals surface area contributed by atoms with E-state index in [9.17, 15) is 9.90 Å². The van der Waals surface area contributed by atoms with Crippen LogP contribution in [0.25, 0.3) is 0 Å². The van der Waals surface area contributed by atoms with Gasteiger partial charge in [-0.1, -0.05) is 28.1 Å². The van der Waals surface area contributed by atoms with Crippen LogP contribution in [0.5, 0.6) is 0 Å². The van der Waals surface area contributed by atoms with Crippen molar-refractivity contribution in [2.45, 2.75) is 13.8 Å². The number of thiocarbonyl (C=S) groups is 1. The van der Waals surface area contributed by atoms with Crippen LogP contribution in [0, 0.1) is 0 Å². The maximum absolute atomic E-state index is 11.9. The van der Waals surface area contributed by atoms with Gasteiger partial charge in [-0.2, -0.15) is 0 Å². The Morgan fingerprint density at radius 2 is 1.81 bits per heavy atom. The van der Waals surface area contributed by atoms with Crippen molar-refractivity contribution in [3.8, 4) is 0 Å². The first-order valence-electron chi connectivity index (χ1n) is 6.29. The average molecular weight is 374 g/mol. The second-order valence-electron chi connectivity index (χ2n) is 3.79. The summed E-state index contributed by atoms with van der Waals surface area (Å²) >= 11 is 8.47. The number of anilines is 1. The van der Waals surface area contributed by atoms with Crippen LogP contribution in [0.4, 0.5) is 5.69 Å². The summed E-state index contributed by atoms with van der Waals surface area (Å²) in [6.07, 6.45) is 0. The summed E-state index contributed by atoms with van der Waals surface area (Å²) in [6, 6.07) is 7.19. The SMILES string of the molecule is CCOC(=O)C(C(=S)Nc1ccc(Br)cc1)=C(O)OCC. The fraction of sp³-hybridized carbons (Fsp3) is 0.286. The maximum atomic E-state index is 11.9. The lowest BCUT2D eigenvalue weighted by Crippen LogP contribution is -2.23. The van der Waals surface area contributed by atoms with Crippen molar-refractivity contribution in [2.24, 2.45) is 0 Å². The van der Waals surface area contributed by atoms with Crippen molar-refractivity contribution in [3.05, 3.63) is 40.3 Å². The highest BCUT2D eigenvalue weighted by molar-refractivity contribution is 9.10. The molecule has 0 atom stereocenters. The number of aliphatic hydroxyl groups excluding tert-OH is 1. The van der Waals surface area contributed by atoms with Gasteiger partial charge in [0.15, 0.2) is 5.57 Å². The number of esters is 1. The molecule has 0 aliphatic rings. The Balaban J connectivity index is 2.97. The first-order valence-corrected chi connectivity index (χ1v) is 7.49. The summed E-state index contributed by atoms with van der Waals surface area (Å²) in [5, 5.41) is 12.7. The van der Waals surface area contributed by atoms with Crippen LogP contribution in [-0.2, 0) is 14.3 Å². The molecule has 7 heteroatoms. The molecule has 0 bridgehead atoms. The highest BCUT2D eigenvalue weighted by Crippen LogP contribution is 2.17. The van der Waals surface area contributed by atoms with Gasteiger partial charge in [-0.3, -0.25) is 0 Å². The summed E-state index contributed by atoms with van der Waals surface area (Å²) in [4.78, 5) is 11.9. The fourth-order valence-electron chi connectivity index (χ4n) is 1.42. The summed E-state index contributed by atoms with van der Waals surface area (Å²) in [7, 11) is 0. The number of benzene rings is 1. The molecule has 0 aromatic heterocycles. The van der Waals surface area contributed by atoms with Gasteiger partial charge in [0.25, 0.3) is 5.95 Å². The zero-order valence-corrected chi connectivity index (χ0v) is 14.1. The molecule has 0 unspecified atom stereocenters. The third kappa shape index (κ3) is 5.35. The number of ether oxygens (including phenoxy) is 2. The van der Waals surface area contributed by atoms with Gasteiger partial charge >= 0.3 is 5.97 Å². The lowest BCUT2D eigenvalue weighted by atomic mass is 10.2. The summed E-state index contributed by atoms with van der Waals surface area (Å²) in [5.74, 6) is -1.29. The lowest BCUT2D eigenvalue weighted by Gasteiger charge is -2.13. The summed E-state index contributed by atoms with van der Waals surface area (Å²) in [6.45, 7) is 3.72. The van der Waals surface area contributed by atoms with E-state index in [-0.39, 0.29) is 23.8 Å². The number of hydrogen-bond donors (Lipinski definition) is 2. The van der Waals surface area contributed by atoms with Crippen molar-refractivity contribution in [1.29, 1.82) is 0 Å². The molecule has 1 aromatic rings. The van der Waals surface area contributed by atoms with E-state index in [1.54, 1.807) is 26.0 Å². The van der Waals surface area contributed by atoms with Gasteiger partial charge in [0.05, 0.1) is 13.2 Å². The molecule has 0 spiro atoms. The molecule has 0 radical (unpaired) electrons. The molecule has 0 saturated carbocycles. The van der Waals surface area contributed by atoms with Crippen molar-refractivity contribution in [1.82, 2.24) is 0 Å². The minimum atomic E-state index is -0.738. The number of rotatable bonds is 6. The molecule has 0 amide bonds. The van der Waals surface area contributed by atoms with E-state index in [0.717, 1.165) is 4.47 Å². The zero-order valence-electron chi connectivity index (χ0n) is 11.7. The number of nitrogens with one attached hydrogen (secondary N) is 1. The van der Waals surface area contributed by atoms with Crippen LogP contribution in [0.3, 0.4) is 0 Å². The lowest BCUT2D eigenvalue weighted by molar-refractivity contribution is -0.138. The monoisotopic (exact) mass is 373 g/mol. The molecule has 0 saturated heterocycles. The standard InChI is InChI=1S/C14H16BrNO4S/c1-3-19-13(17)11(14(18)20-4-2)12(21)16-10-7-5-9(15)6-8-10/h5-8,17H,3-4H2,1-2H3,(H,16,21). The molecule has 0 aliphatic heterocycles. The minimum absolute atomic E-state index is 0.0294. The van der Waals surface area contributed by atoms with E-state index >= 15 is 0 Å². The first kappa shape index (κ1) is 17.5. The Kier molecular flexibility index (Phi) is 7.18. The molecular formula is C14H16BrNO4S. The van der Waals surface area contributed by atoms with E-state index < -0.39 is 11.9 Å². The predicted octanol–water partition coefficient (Wildman–Crippen LogP) is 3.56. The molecule has 0 fully saturated rings. The Labute approximate surface area is 137 Å². The van der Waals surface area contributed by atoms with Gasteiger partial charge in [-0.05, 0) is 38.1 Å². The zero-order chi connectivity index (χ0) is 15.8. The van der Waals surface area contributed by atoms with Crippen LogP contribution < -0.4 is 5.32 Å². The third-order valence-corrected chi connectivity index (χ3v) is 3.14. The van der Waals surface area contributed by atoms with Crippen LogP contribution in [-0.4, -0.2) is 29.3 Å². The van der Waals surface area contributed by atoms with Crippen molar-refractivity contribution < 1.29 is 19.4 Å². The number of aliphatic hydroxyl groups is 1. The van der Waals surface area contributed by atoms with Crippen LogP contribution in [0.15, 0.2) is 40.3 Å². The molecule has 2 N–H and O–H groups in total. The van der Waals surface area contributed by atoms with Gasteiger partial charge in [-0.15, -0.1) is 0 Å². The molecule has 0 aliphatic carbocycles. The van der Waals surface area contributed by atoms with E-state index in [2.05, 4.69) is 21.2 Å². The molecule has 21 heavy (non-hydrogen) atoms. The van der Waals surface area contributed by atoms with E-state index in [4.69, 9.17) is 21.7 Å². The quantitative estimate of drug-likeness (QED) is 0.344. The summed E-state index contributed by atoms with van der Waals surface area (Å²) < 4.78 is 10.7. The van der Waals surface area contributed by atoms with Crippen LogP contribution >= 0.6 is 28.1 Å². The third-order valence-electron chi connectivity index (χ3n) is 2.30. The van der Waals surface area contributed by atoms with Crippen molar-refractivity contribution >= 4 is 44.8 Å². The number of carbonyl (C=O) groups is 1. The van der Waals surface area contributed by atoms with Gasteiger partial charge in [-0.25, -0.2) is 4.79 Å². The fourth-order valence-corrected chi connectivity index (χ4v) is 1.97. The van der Waals surface area contributed by atoms with Crippen molar-refractivity contribution in [2.75, 3.05) is 18.5 Å². The second-order valence-corrected chi connectivity index (χ2v) is 5.12. The van der Waals surface area contributed by atoms with Gasteiger partial charge < -0.3 is 19.9 Å². The molecule has 0 heterocycles.